The number of pyridine rings is 1. The summed E-state index contributed by atoms with van der Waals surface area (Å²) < 4.78 is 5.55. The van der Waals surface area contributed by atoms with Crippen molar-refractivity contribution in [2.45, 2.75) is 13.0 Å². The molecule has 1 aliphatic rings. The van der Waals surface area contributed by atoms with Gasteiger partial charge in [-0.1, -0.05) is 0 Å². The molecule has 0 saturated carbocycles. The SMILES string of the molecule is C[C@H]1CN(C)c2cccnc2O1. The average Bonchev–Trinajstić information content (AvgIpc) is 2.04. The van der Waals surface area contributed by atoms with Crippen LogP contribution >= 0.6 is 0 Å². The molecule has 64 valence electrons. The normalized spacial score (nSPS) is 21.5. The Hall–Kier alpha value is -1.25. The minimum absolute atomic E-state index is 0.234. The summed E-state index contributed by atoms with van der Waals surface area (Å²) in [5.41, 5.74) is 1.08. The summed E-state index contributed by atoms with van der Waals surface area (Å²) in [6, 6.07) is 3.95. The molecule has 1 aliphatic heterocycles. The second-order valence-electron chi connectivity index (χ2n) is 3.14. The molecule has 0 spiro atoms. The minimum atomic E-state index is 0.234. The van der Waals surface area contributed by atoms with E-state index in [0.29, 0.717) is 0 Å². The van der Waals surface area contributed by atoms with Gasteiger partial charge in [-0.25, -0.2) is 4.98 Å². The van der Waals surface area contributed by atoms with Crippen molar-refractivity contribution in [3.05, 3.63) is 18.3 Å². The summed E-state index contributed by atoms with van der Waals surface area (Å²) >= 11 is 0. The van der Waals surface area contributed by atoms with Gasteiger partial charge in [0.25, 0.3) is 0 Å². The van der Waals surface area contributed by atoms with Gasteiger partial charge < -0.3 is 9.64 Å². The van der Waals surface area contributed by atoms with Crippen LogP contribution < -0.4 is 9.64 Å². The van der Waals surface area contributed by atoms with E-state index in [1.54, 1.807) is 6.20 Å². The fourth-order valence-corrected chi connectivity index (χ4v) is 1.48. The van der Waals surface area contributed by atoms with Crippen LogP contribution in [0.1, 0.15) is 6.92 Å². The van der Waals surface area contributed by atoms with Crippen molar-refractivity contribution >= 4 is 5.69 Å². The van der Waals surface area contributed by atoms with E-state index in [1.807, 2.05) is 19.1 Å². The first-order valence-electron chi connectivity index (χ1n) is 4.10. The second kappa shape index (κ2) is 2.66. The Labute approximate surface area is 72.0 Å². The van der Waals surface area contributed by atoms with Crippen LogP contribution in [0.4, 0.5) is 5.69 Å². The molecule has 3 heteroatoms. The number of likely N-dealkylation sites (N-methyl/N-ethyl adjacent to an activating group) is 1. The Bertz CT molecular complexity index is 288. The quantitative estimate of drug-likeness (QED) is 0.578. The van der Waals surface area contributed by atoms with E-state index in [-0.39, 0.29) is 6.10 Å². The van der Waals surface area contributed by atoms with Gasteiger partial charge in [0.1, 0.15) is 6.10 Å². The van der Waals surface area contributed by atoms with Crippen molar-refractivity contribution in [2.24, 2.45) is 0 Å². The molecule has 0 aliphatic carbocycles. The van der Waals surface area contributed by atoms with Crippen LogP contribution in [0.15, 0.2) is 18.3 Å². The van der Waals surface area contributed by atoms with Crippen molar-refractivity contribution in [2.75, 3.05) is 18.5 Å². The van der Waals surface area contributed by atoms with Crippen LogP contribution in [0.5, 0.6) is 5.88 Å². The van der Waals surface area contributed by atoms with E-state index in [1.165, 1.54) is 0 Å². The minimum Gasteiger partial charge on any atom is -0.471 e. The van der Waals surface area contributed by atoms with Gasteiger partial charge in [0.2, 0.25) is 5.88 Å². The molecular weight excluding hydrogens is 152 g/mol. The van der Waals surface area contributed by atoms with E-state index < -0.39 is 0 Å². The highest BCUT2D eigenvalue weighted by Crippen LogP contribution is 2.28. The van der Waals surface area contributed by atoms with Gasteiger partial charge in [-0.15, -0.1) is 0 Å². The Morgan fingerprint density at radius 2 is 2.50 bits per heavy atom. The van der Waals surface area contributed by atoms with E-state index in [9.17, 15) is 0 Å². The molecule has 0 unspecified atom stereocenters. The number of fused-ring (bicyclic) bond motifs is 1. The maximum atomic E-state index is 5.55. The van der Waals surface area contributed by atoms with Crippen molar-refractivity contribution < 1.29 is 4.74 Å². The molecule has 1 aromatic heterocycles. The third kappa shape index (κ3) is 1.11. The monoisotopic (exact) mass is 164 g/mol. The van der Waals surface area contributed by atoms with Gasteiger partial charge in [0.05, 0.1) is 12.2 Å². The highest BCUT2D eigenvalue weighted by atomic mass is 16.5. The summed E-state index contributed by atoms with van der Waals surface area (Å²) in [5, 5.41) is 0. The number of ether oxygens (including phenoxy) is 1. The third-order valence-electron chi connectivity index (χ3n) is 2.01. The molecule has 3 nitrogen and oxygen atoms in total. The molecule has 0 radical (unpaired) electrons. The maximum absolute atomic E-state index is 5.55. The van der Waals surface area contributed by atoms with E-state index >= 15 is 0 Å². The highest BCUT2D eigenvalue weighted by Gasteiger charge is 2.20. The average molecular weight is 164 g/mol. The highest BCUT2D eigenvalue weighted by molar-refractivity contribution is 5.55. The molecule has 0 saturated heterocycles. The van der Waals surface area contributed by atoms with Crippen molar-refractivity contribution in [1.82, 2.24) is 4.98 Å². The Morgan fingerprint density at radius 1 is 1.67 bits per heavy atom. The predicted octanol–water partition coefficient (Wildman–Crippen LogP) is 1.30. The largest absolute Gasteiger partial charge is 0.471 e. The lowest BCUT2D eigenvalue weighted by molar-refractivity contribution is 0.206. The molecule has 12 heavy (non-hydrogen) atoms. The van der Waals surface area contributed by atoms with Crippen molar-refractivity contribution in [1.29, 1.82) is 0 Å². The molecule has 2 heterocycles. The fraction of sp³-hybridized carbons (Fsp3) is 0.444. The van der Waals surface area contributed by atoms with Crippen LogP contribution in [0, 0.1) is 0 Å². The van der Waals surface area contributed by atoms with Gasteiger partial charge in [-0.05, 0) is 19.1 Å². The zero-order valence-corrected chi connectivity index (χ0v) is 7.32. The van der Waals surface area contributed by atoms with Crippen LogP contribution in [-0.2, 0) is 0 Å². The lowest BCUT2D eigenvalue weighted by atomic mass is 10.2. The van der Waals surface area contributed by atoms with Gasteiger partial charge in [-0.3, -0.25) is 0 Å². The smallest absolute Gasteiger partial charge is 0.237 e. The molecule has 0 amide bonds. The van der Waals surface area contributed by atoms with Gasteiger partial charge in [-0.2, -0.15) is 0 Å². The molecule has 1 aromatic rings. The summed E-state index contributed by atoms with van der Waals surface area (Å²) in [4.78, 5) is 6.32. The molecule has 0 fully saturated rings. The van der Waals surface area contributed by atoms with Crippen LogP contribution in [0.3, 0.4) is 0 Å². The molecule has 1 atom stereocenters. The zero-order valence-electron chi connectivity index (χ0n) is 7.32. The number of nitrogens with zero attached hydrogens (tertiary/aromatic N) is 2. The van der Waals surface area contributed by atoms with Crippen molar-refractivity contribution in [3.8, 4) is 5.88 Å². The van der Waals surface area contributed by atoms with E-state index in [2.05, 4.69) is 16.9 Å². The van der Waals surface area contributed by atoms with Crippen LogP contribution in [0.2, 0.25) is 0 Å². The molecular formula is C9H12N2O. The van der Waals surface area contributed by atoms with E-state index in [0.717, 1.165) is 18.1 Å². The first-order valence-corrected chi connectivity index (χ1v) is 4.10. The van der Waals surface area contributed by atoms with Gasteiger partial charge >= 0.3 is 0 Å². The molecule has 0 bridgehead atoms. The molecule has 0 aromatic carbocycles. The zero-order chi connectivity index (χ0) is 8.55. The molecule has 0 N–H and O–H groups in total. The summed E-state index contributed by atoms with van der Waals surface area (Å²) in [6.45, 7) is 2.98. The third-order valence-corrected chi connectivity index (χ3v) is 2.01. The fourth-order valence-electron chi connectivity index (χ4n) is 1.48. The number of rotatable bonds is 0. The van der Waals surface area contributed by atoms with Crippen LogP contribution in [0.25, 0.3) is 0 Å². The first-order chi connectivity index (χ1) is 5.77. The lowest BCUT2D eigenvalue weighted by Gasteiger charge is -2.30. The summed E-state index contributed by atoms with van der Waals surface area (Å²) in [7, 11) is 2.06. The first kappa shape index (κ1) is 7.40. The topological polar surface area (TPSA) is 25.4 Å². The standard InChI is InChI=1S/C9H12N2O/c1-7-6-11(2)8-4-3-5-10-9(8)12-7/h3-5,7H,6H2,1-2H3/t7-/m0/s1. The maximum Gasteiger partial charge on any atom is 0.237 e. The van der Waals surface area contributed by atoms with Gasteiger partial charge in [0, 0.05) is 13.2 Å². The Balaban J connectivity index is 2.40. The second-order valence-corrected chi connectivity index (χ2v) is 3.14. The van der Waals surface area contributed by atoms with E-state index in [4.69, 9.17) is 4.74 Å². The van der Waals surface area contributed by atoms with Crippen molar-refractivity contribution in [3.63, 3.8) is 0 Å². The number of hydrogen-bond acceptors (Lipinski definition) is 3. The Morgan fingerprint density at radius 3 is 3.33 bits per heavy atom. The predicted molar refractivity (Wildman–Crippen MR) is 47.6 cm³/mol. The number of hydrogen-bond donors (Lipinski definition) is 0. The number of anilines is 1. The Kier molecular flexibility index (Phi) is 1.64. The van der Waals surface area contributed by atoms with Gasteiger partial charge in [0.15, 0.2) is 0 Å². The lowest BCUT2D eigenvalue weighted by Crippen LogP contribution is -2.35. The molecule has 2 rings (SSSR count). The summed E-state index contributed by atoms with van der Waals surface area (Å²) in [5.74, 6) is 0.749. The number of aromatic nitrogens is 1. The van der Waals surface area contributed by atoms with Crippen LogP contribution in [-0.4, -0.2) is 24.7 Å². The summed E-state index contributed by atoms with van der Waals surface area (Å²) in [6.07, 6.45) is 1.99.